The molecule has 6 heteroatoms. The SMILES string of the molecule is COC=C(Oc1cc(C(C)=NOCc2ccccc2)ccc1C)C(=O)O. The number of carboxylic acid groups (broad SMARTS) is 1. The van der Waals surface area contributed by atoms with Gasteiger partial charge in [-0.25, -0.2) is 4.79 Å². The van der Waals surface area contributed by atoms with Crippen LogP contribution in [0.1, 0.15) is 23.6 Å². The molecular weight excluding hydrogens is 334 g/mol. The van der Waals surface area contributed by atoms with Gasteiger partial charge in [-0.2, -0.15) is 0 Å². The van der Waals surface area contributed by atoms with Gasteiger partial charge >= 0.3 is 5.97 Å². The van der Waals surface area contributed by atoms with Crippen LogP contribution in [-0.4, -0.2) is 23.9 Å². The Labute approximate surface area is 152 Å². The van der Waals surface area contributed by atoms with Crippen molar-refractivity contribution in [3.05, 3.63) is 77.2 Å². The zero-order valence-electron chi connectivity index (χ0n) is 14.9. The molecular formula is C20H21NO5. The summed E-state index contributed by atoms with van der Waals surface area (Å²) in [5.74, 6) is -1.11. The van der Waals surface area contributed by atoms with Gasteiger partial charge in [0, 0.05) is 5.56 Å². The van der Waals surface area contributed by atoms with Crippen LogP contribution in [0.3, 0.4) is 0 Å². The fourth-order valence-corrected chi connectivity index (χ4v) is 2.11. The molecule has 6 nitrogen and oxygen atoms in total. The van der Waals surface area contributed by atoms with Crippen LogP contribution < -0.4 is 4.74 Å². The number of nitrogens with zero attached hydrogens (tertiary/aromatic N) is 1. The summed E-state index contributed by atoms with van der Waals surface area (Å²) in [4.78, 5) is 16.6. The fraction of sp³-hybridized carbons (Fsp3) is 0.200. The first kappa shape index (κ1) is 19.1. The minimum atomic E-state index is -1.21. The third-order valence-corrected chi connectivity index (χ3v) is 3.54. The minimum absolute atomic E-state index is 0.303. The van der Waals surface area contributed by atoms with Gasteiger partial charge in [0.05, 0.1) is 12.8 Å². The number of hydrogen-bond donors (Lipinski definition) is 1. The fourth-order valence-electron chi connectivity index (χ4n) is 2.11. The summed E-state index contributed by atoms with van der Waals surface area (Å²) in [7, 11) is 1.36. The maximum Gasteiger partial charge on any atom is 0.375 e. The Hall–Kier alpha value is -3.28. The summed E-state index contributed by atoms with van der Waals surface area (Å²) in [5, 5.41) is 13.3. The molecule has 2 aromatic rings. The number of oxime groups is 1. The Morgan fingerprint density at radius 1 is 1.19 bits per heavy atom. The first-order valence-corrected chi connectivity index (χ1v) is 7.97. The summed E-state index contributed by atoms with van der Waals surface area (Å²) in [6, 6.07) is 15.1. The Bertz CT molecular complexity index is 812. The molecule has 0 aliphatic heterocycles. The maximum absolute atomic E-state index is 11.2. The van der Waals surface area contributed by atoms with Gasteiger partial charge in [-0.1, -0.05) is 47.6 Å². The summed E-state index contributed by atoms with van der Waals surface area (Å²) < 4.78 is 10.2. The van der Waals surface area contributed by atoms with E-state index in [0.717, 1.165) is 23.0 Å². The molecule has 0 aliphatic rings. The molecule has 0 aromatic heterocycles. The van der Waals surface area contributed by atoms with Crippen molar-refractivity contribution in [3.63, 3.8) is 0 Å². The van der Waals surface area contributed by atoms with E-state index in [1.54, 1.807) is 6.07 Å². The van der Waals surface area contributed by atoms with Crippen LogP contribution >= 0.6 is 0 Å². The van der Waals surface area contributed by atoms with E-state index < -0.39 is 5.97 Å². The number of benzene rings is 2. The lowest BCUT2D eigenvalue weighted by Gasteiger charge is -2.11. The largest absolute Gasteiger partial charge is 0.500 e. The average molecular weight is 355 g/mol. The van der Waals surface area contributed by atoms with Gasteiger partial charge in [-0.05, 0) is 31.0 Å². The van der Waals surface area contributed by atoms with Crippen molar-refractivity contribution in [2.24, 2.45) is 5.16 Å². The zero-order valence-corrected chi connectivity index (χ0v) is 14.9. The molecule has 0 fully saturated rings. The van der Waals surface area contributed by atoms with Crippen LogP contribution in [0.4, 0.5) is 0 Å². The molecule has 0 amide bonds. The lowest BCUT2D eigenvalue weighted by Crippen LogP contribution is -2.09. The molecule has 0 aliphatic carbocycles. The number of rotatable bonds is 8. The summed E-state index contributed by atoms with van der Waals surface area (Å²) >= 11 is 0. The first-order valence-electron chi connectivity index (χ1n) is 7.97. The molecule has 0 spiro atoms. The van der Waals surface area contributed by atoms with Crippen LogP contribution in [0.2, 0.25) is 0 Å². The van der Waals surface area contributed by atoms with E-state index in [-0.39, 0.29) is 5.76 Å². The van der Waals surface area contributed by atoms with Gasteiger partial charge in [0.25, 0.3) is 0 Å². The van der Waals surface area contributed by atoms with Crippen molar-refractivity contribution in [1.29, 1.82) is 0 Å². The van der Waals surface area contributed by atoms with E-state index in [9.17, 15) is 4.79 Å². The normalized spacial score (nSPS) is 11.8. The highest BCUT2D eigenvalue weighted by atomic mass is 16.6. The van der Waals surface area contributed by atoms with E-state index in [1.807, 2.05) is 56.3 Å². The van der Waals surface area contributed by atoms with Gasteiger partial charge in [0.2, 0.25) is 5.76 Å². The topological polar surface area (TPSA) is 77.3 Å². The number of aryl methyl sites for hydroxylation is 1. The number of carboxylic acids is 1. The van der Waals surface area contributed by atoms with E-state index >= 15 is 0 Å². The van der Waals surface area contributed by atoms with Crippen LogP contribution in [0.15, 0.2) is 65.7 Å². The van der Waals surface area contributed by atoms with Crippen LogP contribution in [0, 0.1) is 6.92 Å². The molecule has 0 saturated heterocycles. The molecule has 1 N–H and O–H groups in total. The van der Waals surface area contributed by atoms with E-state index in [2.05, 4.69) is 5.16 Å². The average Bonchev–Trinajstić information content (AvgIpc) is 2.63. The van der Waals surface area contributed by atoms with Crippen LogP contribution in [-0.2, 0) is 21.0 Å². The minimum Gasteiger partial charge on any atom is -0.500 e. The molecule has 26 heavy (non-hydrogen) atoms. The quantitative estimate of drug-likeness (QED) is 0.336. The molecule has 2 rings (SSSR count). The van der Waals surface area contributed by atoms with E-state index in [0.29, 0.717) is 18.1 Å². The second-order valence-corrected chi connectivity index (χ2v) is 5.54. The lowest BCUT2D eigenvalue weighted by atomic mass is 10.1. The Morgan fingerprint density at radius 2 is 1.92 bits per heavy atom. The molecule has 0 radical (unpaired) electrons. The zero-order chi connectivity index (χ0) is 18.9. The van der Waals surface area contributed by atoms with Gasteiger partial charge in [0.15, 0.2) is 0 Å². The third kappa shape index (κ3) is 5.37. The number of methoxy groups -OCH3 is 1. The van der Waals surface area contributed by atoms with E-state index in [1.165, 1.54) is 7.11 Å². The van der Waals surface area contributed by atoms with Crippen molar-refractivity contribution in [1.82, 2.24) is 0 Å². The standard InChI is InChI=1S/C20H21NO5/c1-14-9-10-17(11-18(14)26-19(13-24-3)20(22)23)15(2)21-25-12-16-7-5-4-6-8-16/h4-11,13H,12H2,1-3H3,(H,22,23). The molecule has 0 bridgehead atoms. The Kier molecular flexibility index (Phi) is 6.79. The predicted octanol–water partition coefficient (Wildman–Crippen LogP) is 3.89. The number of ether oxygens (including phenoxy) is 2. The molecule has 2 aromatic carbocycles. The van der Waals surface area contributed by atoms with Gasteiger partial charge in [0.1, 0.15) is 18.6 Å². The summed E-state index contributed by atoms with van der Waals surface area (Å²) in [6.45, 7) is 4.00. The molecule has 0 unspecified atom stereocenters. The Balaban J connectivity index is 2.13. The van der Waals surface area contributed by atoms with E-state index in [4.69, 9.17) is 19.4 Å². The van der Waals surface area contributed by atoms with Crippen molar-refractivity contribution >= 4 is 11.7 Å². The van der Waals surface area contributed by atoms with Crippen molar-refractivity contribution in [3.8, 4) is 5.75 Å². The molecule has 0 atom stereocenters. The molecule has 0 heterocycles. The van der Waals surface area contributed by atoms with Crippen LogP contribution in [0.25, 0.3) is 0 Å². The second kappa shape index (κ2) is 9.27. The third-order valence-electron chi connectivity index (χ3n) is 3.54. The predicted molar refractivity (Wildman–Crippen MR) is 98.0 cm³/mol. The van der Waals surface area contributed by atoms with Crippen LogP contribution in [0.5, 0.6) is 5.75 Å². The smallest absolute Gasteiger partial charge is 0.375 e. The number of hydrogen-bond acceptors (Lipinski definition) is 5. The van der Waals surface area contributed by atoms with Gasteiger partial charge in [-0.3, -0.25) is 0 Å². The Morgan fingerprint density at radius 3 is 2.58 bits per heavy atom. The number of carbonyl (C=O) groups is 1. The van der Waals surface area contributed by atoms with Crippen molar-refractivity contribution < 1.29 is 24.2 Å². The highest BCUT2D eigenvalue weighted by Crippen LogP contribution is 2.22. The van der Waals surface area contributed by atoms with Gasteiger partial charge in [-0.15, -0.1) is 0 Å². The monoisotopic (exact) mass is 355 g/mol. The first-order chi connectivity index (χ1) is 12.5. The number of aliphatic carboxylic acids is 1. The molecule has 136 valence electrons. The van der Waals surface area contributed by atoms with Crippen molar-refractivity contribution in [2.45, 2.75) is 20.5 Å². The van der Waals surface area contributed by atoms with Gasteiger partial charge < -0.3 is 19.4 Å². The maximum atomic E-state index is 11.2. The highest BCUT2D eigenvalue weighted by Gasteiger charge is 2.13. The van der Waals surface area contributed by atoms with Crippen molar-refractivity contribution in [2.75, 3.05) is 7.11 Å². The lowest BCUT2D eigenvalue weighted by molar-refractivity contribution is -0.135. The second-order valence-electron chi connectivity index (χ2n) is 5.54. The summed E-state index contributed by atoms with van der Waals surface area (Å²) in [6.07, 6.45) is 1.04. The highest BCUT2D eigenvalue weighted by molar-refractivity contribution is 5.98. The summed E-state index contributed by atoms with van der Waals surface area (Å²) in [5.41, 5.74) is 3.22. The molecule has 0 saturated carbocycles.